The number of aliphatic hydroxyl groups excluding tert-OH is 1. The summed E-state index contributed by atoms with van der Waals surface area (Å²) >= 11 is 0. The highest BCUT2D eigenvalue weighted by atomic mass is 16.7. The molecule has 0 fully saturated rings. The second-order valence-electron chi connectivity index (χ2n) is 4.78. The maximum absolute atomic E-state index is 9.02. The Morgan fingerprint density at radius 3 is 2.38 bits per heavy atom. The van der Waals surface area contributed by atoms with Crippen molar-refractivity contribution in [3.8, 4) is 17.2 Å². The fraction of sp³-hybridized carbons (Fsp3) is 0.250. The zero-order valence-corrected chi connectivity index (χ0v) is 11.5. The van der Waals surface area contributed by atoms with Gasteiger partial charge in [0.15, 0.2) is 11.5 Å². The van der Waals surface area contributed by atoms with E-state index < -0.39 is 0 Å². The highest BCUT2D eigenvalue weighted by Gasteiger charge is 2.17. The van der Waals surface area contributed by atoms with Crippen LogP contribution < -0.4 is 19.9 Å². The Kier molecular flexibility index (Phi) is 3.94. The fourth-order valence-corrected chi connectivity index (χ4v) is 2.16. The van der Waals surface area contributed by atoms with Crippen LogP contribution in [0.1, 0.15) is 16.7 Å². The number of hydrogen-bond acceptors (Lipinski definition) is 5. The van der Waals surface area contributed by atoms with Crippen molar-refractivity contribution in [1.29, 1.82) is 0 Å². The molecule has 0 saturated heterocycles. The fourth-order valence-electron chi connectivity index (χ4n) is 2.16. The smallest absolute Gasteiger partial charge is 0.231 e. The van der Waals surface area contributed by atoms with E-state index in [-0.39, 0.29) is 13.4 Å². The van der Waals surface area contributed by atoms with Crippen LogP contribution >= 0.6 is 0 Å². The molecule has 0 bridgehead atoms. The first kappa shape index (κ1) is 13.7. The lowest BCUT2D eigenvalue weighted by molar-refractivity contribution is 0.173. The Labute approximate surface area is 122 Å². The van der Waals surface area contributed by atoms with Crippen molar-refractivity contribution in [3.05, 3.63) is 53.1 Å². The molecule has 1 aliphatic rings. The Morgan fingerprint density at radius 1 is 1.05 bits per heavy atom. The quantitative estimate of drug-likeness (QED) is 0.879. The molecule has 0 spiro atoms. The van der Waals surface area contributed by atoms with Crippen LogP contribution in [0.4, 0.5) is 0 Å². The molecule has 21 heavy (non-hydrogen) atoms. The third-order valence-electron chi connectivity index (χ3n) is 3.38. The first-order valence-corrected chi connectivity index (χ1v) is 6.74. The maximum Gasteiger partial charge on any atom is 0.231 e. The molecule has 5 nitrogen and oxygen atoms in total. The molecule has 0 saturated carbocycles. The number of hydrogen-bond donors (Lipinski definition) is 2. The minimum absolute atomic E-state index is 0.0423. The molecule has 0 radical (unpaired) electrons. The van der Waals surface area contributed by atoms with Crippen molar-refractivity contribution in [1.82, 2.24) is 0 Å². The van der Waals surface area contributed by atoms with Crippen LogP contribution in [0.25, 0.3) is 0 Å². The minimum atomic E-state index is 0.0423. The molecular formula is C16H17NO4. The number of fused-ring (bicyclic) bond motifs is 1. The lowest BCUT2D eigenvalue weighted by atomic mass is 10.1. The summed E-state index contributed by atoms with van der Waals surface area (Å²) in [7, 11) is 0. The third-order valence-corrected chi connectivity index (χ3v) is 3.38. The van der Waals surface area contributed by atoms with Crippen molar-refractivity contribution in [2.45, 2.75) is 19.8 Å². The molecule has 0 unspecified atom stereocenters. The number of benzene rings is 2. The van der Waals surface area contributed by atoms with E-state index in [9.17, 15) is 0 Å². The summed E-state index contributed by atoms with van der Waals surface area (Å²) in [6.45, 7) is 1.07. The van der Waals surface area contributed by atoms with Crippen LogP contribution in [0.2, 0.25) is 0 Å². The van der Waals surface area contributed by atoms with Gasteiger partial charge in [0.2, 0.25) is 6.79 Å². The zero-order valence-electron chi connectivity index (χ0n) is 11.5. The number of ether oxygens (including phenoxy) is 3. The number of aliphatic hydroxyl groups is 1. The van der Waals surface area contributed by atoms with E-state index in [0.717, 1.165) is 16.7 Å². The predicted molar refractivity (Wildman–Crippen MR) is 77.2 cm³/mol. The van der Waals surface area contributed by atoms with Gasteiger partial charge in [-0.15, -0.1) is 0 Å². The van der Waals surface area contributed by atoms with E-state index in [1.165, 1.54) is 0 Å². The van der Waals surface area contributed by atoms with Gasteiger partial charge in [0.1, 0.15) is 12.4 Å². The monoisotopic (exact) mass is 287 g/mol. The standard InChI is InChI=1S/C16H17NO4/c17-7-13-5-15-16(21-10-20-15)6-14(13)19-9-12-3-1-11(8-18)2-4-12/h1-6,18H,7-10,17H2. The van der Waals surface area contributed by atoms with Gasteiger partial charge in [-0.3, -0.25) is 0 Å². The molecule has 0 atom stereocenters. The SMILES string of the molecule is NCc1cc2c(cc1OCc1ccc(CO)cc1)OCO2. The molecule has 0 aliphatic carbocycles. The maximum atomic E-state index is 9.02. The predicted octanol–water partition coefficient (Wildman–Crippen LogP) is 1.95. The second-order valence-corrected chi connectivity index (χ2v) is 4.78. The number of rotatable bonds is 5. The van der Waals surface area contributed by atoms with Crippen LogP contribution in [-0.4, -0.2) is 11.9 Å². The van der Waals surface area contributed by atoms with Gasteiger partial charge < -0.3 is 25.1 Å². The summed E-state index contributed by atoms with van der Waals surface area (Å²) in [6, 6.07) is 11.3. The second kappa shape index (κ2) is 6.03. The van der Waals surface area contributed by atoms with E-state index in [2.05, 4.69) is 0 Å². The summed E-state index contributed by atoms with van der Waals surface area (Å²) < 4.78 is 16.5. The van der Waals surface area contributed by atoms with Gasteiger partial charge in [-0.25, -0.2) is 0 Å². The van der Waals surface area contributed by atoms with Crippen molar-refractivity contribution < 1.29 is 19.3 Å². The van der Waals surface area contributed by atoms with Crippen LogP contribution in [0.3, 0.4) is 0 Å². The lowest BCUT2D eigenvalue weighted by Gasteiger charge is -2.12. The van der Waals surface area contributed by atoms with Gasteiger partial charge in [-0.2, -0.15) is 0 Å². The summed E-state index contributed by atoms with van der Waals surface area (Å²) in [5.41, 5.74) is 8.53. The van der Waals surface area contributed by atoms with Crippen LogP contribution in [0.15, 0.2) is 36.4 Å². The van der Waals surface area contributed by atoms with Crippen molar-refractivity contribution in [2.75, 3.05) is 6.79 Å². The van der Waals surface area contributed by atoms with Crippen LogP contribution in [-0.2, 0) is 19.8 Å². The molecule has 0 aromatic heterocycles. The van der Waals surface area contributed by atoms with E-state index in [1.54, 1.807) is 0 Å². The molecule has 5 heteroatoms. The molecule has 1 heterocycles. The third kappa shape index (κ3) is 2.94. The van der Waals surface area contributed by atoms with Crippen molar-refractivity contribution in [2.24, 2.45) is 5.73 Å². The highest BCUT2D eigenvalue weighted by molar-refractivity contribution is 5.51. The van der Waals surface area contributed by atoms with Gasteiger partial charge in [0, 0.05) is 18.2 Å². The largest absolute Gasteiger partial charge is 0.488 e. The molecule has 2 aromatic rings. The first-order valence-electron chi connectivity index (χ1n) is 6.74. The summed E-state index contributed by atoms with van der Waals surface area (Å²) in [6.07, 6.45) is 0. The average molecular weight is 287 g/mol. The molecule has 1 aliphatic heterocycles. The van der Waals surface area contributed by atoms with Gasteiger partial charge in [0.05, 0.1) is 6.61 Å². The van der Waals surface area contributed by atoms with Gasteiger partial charge in [0.25, 0.3) is 0 Å². The normalized spacial score (nSPS) is 12.5. The van der Waals surface area contributed by atoms with E-state index in [1.807, 2.05) is 36.4 Å². The Hall–Kier alpha value is -2.24. The van der Waals surface area contributed by atoms with Gasteiger partial charge in [-0.1, -0.05) is 24.3 Å². The molecular weight excluding hydrogens is 270 g/mol. The van der Waals surface area contributed by atoms with Crippen molar-refractivity contribution >= 4 is 0 Å². The van der Waals surface area contributed by atoms with Gasteiger partial charge >= 0.3 is 0 Å². The van der Waals surface area contributed by atoms with E-state index in [4.69, 9.17) is 25.1 Å². The molecule has 3 N–H and O–H groups in total. The zero-order chi connectivity index (χ0) is 14.7. The topological polar surface area (TPSA) is 73.9 Å². The number of nitrogens with two attached hydrogens (primary N) is 1. The lowest BCUT2D eigenvalue weighted by Crippen LogP contribution is -2.03. The molecule has 3 rings (SSSR count). The molecule has 0 amide bonds. The van der Waals surface area contributed by atoms with Gasteiger partial charge in [-0.05, 0) is 17.2 Å². The highest BCUT2D eigenvalue weighted by Crippen LogP contribution is 2.38. The molecule has 110 valence electrons. The first-order chi connectivity index (χ1) is 10.3. The Bertz CT molecular complexity index is 625. The van der Waals surface area contributed by atoms with Crippen LogP contribution in [0, 0.1) is 0 Å². The summed E-state index contributed by atoms with van der Waals surface area (Å²) in [5, 5.41) is 9.02. The summed E-state index contributed by atoms with van der Waals surface area (Å²) in [5.74, 6) is 2.08. The van der Waals surface area contributed by atoms with Crippen molar-refractivity contribution in [3.63, 3.8) is 0 Å². The average Bonchev–Trinajstić information content (AvgIpc) is 2.99. The molecule has 2 aromatic carbocycles. The van der Waals surface area contributed by atoms with E-state index >= 15 is 0 Å². The Balaban J connectivity index is 1.74. The van der Waals surface area contributed by atoms with E-state index in [0.29, 0.717) is 30.4 Å². The van der Waals surface area contributed by atoms with Crippen LogP contribution in [0.5, 0.6) is 17.2 Å². The summed E-state index contributed by atoms with van der Waals surface area (Å²) in [4.78, 5) is 0. The Morgan fingerprint density at radius 2 is 1.71 bits per heavy atom. The minimum Gasteiger partial charge on any atom is -0.488 e.